The lowest BCUT2D eigenvalue weighted by molar-refractivity contribution is 0.199. The van der Waals surface area contributed by atoms with Gasteiger partial charge in [-0.15, -0.1) is 11.3 Å². The molecule has 1 aromatic heterocycles. The van der Waals surface area contributed by atoms with E-state index in [1.165, 1.54) is 54.2 Å². The van der Waals surface area contributed by atoms with Crippen molar-refractivity contribution in [1.82, 2.24) is 10.3 Å². The number of nitrogens with one attached hydrogen (secondary N) is 1. The van der Waals surface area contributed by atoms with Crippen molar-refractivity contribution in [2.45, 2.75) is 57.0 Å². The van der Waals surface area contributed by atoms with Crippen LogP contribution in [0.1, 0.15) is 55.0 Å². The average Bonchev–Trinajstić information content (AvgIpc) is 3.04. The Balaban J connectivity index is 1.66. The second-order valence-electron chi connectivity index (χ2n) is 6.30. The Morgan fingerprint density at radius 3 is 2.71 bits per heavy atom. The molecule has 0 spiro atoms. The molecule has 2 aliphatic rings. The number of methoxy groups -OCH3 is 1. The third-order valence-electron chi connectivity index (χ3n) is 4.62. The lowest BCUT2D eigenvalue weighted by atomic mass is 10.2. The van der Waals surface area contributed by atoms with E-state index in [2.05, 4.69) is 17.3 Å². The third-order valence-corrected chi connectivity index (χ3v) is 5.78. The SMILES string of the molecule is COCCNCc1sc(N(C)C2CCCC2)nc1C1CC1. The Kier molecular flexibility index (Phi) is 5.14. The van der Waals surface area contributed by atoms with Gasteiger partial charge in [0.25, 0.3) is 0 Å². The smallest absolute Gasteiger partial charge is 0.185 e. The molecule has 5 heteroatoms. The van der Waals surface area contributed by atoms with Crippen molar-refractivity contribution in [3.8, 4) is 0 Å². The summed E-state index contributed by atoms with van der Waals surface area (Å²) in [5, 5.41) is 4.70. The van der Waals surface area contributed by atoms with Gasteiger partial charge in [0, 0.05) is 44.1 Å². The van der Waals surface area contributed by atoms with Crippen LogP contribution < -0.4 is 10.2 Å². The first-order valence-corrected chi connectivity index (χ1v) is 9.03. The van der Waals surface area contributed by atoms with E-state index in [1.807, 2.05) is 11.3 Å². The lowest BCUT2D eigenvalue weighted by Gasteiger charge is -2.23. The quantitative estimate of drug-likeness (QED) is 0.749. The molecule has 118 valence electrons. The molecule has 2 aliphatic carbocycles. The van der Waals surface area contributed by atoms with Crippen molar-refractivity contribution in [3.05, 3.63) is 10.6 Å². The maximum absolute atomic E-state index is 5.10. The predicted octanol–water partition coefficient (Wildman–Crippen LogP) is 3.14. The Morgan fingerprint density at radius 1 is 1.29 bits per heavy atom. The van der Waals surface area contributed by atoms with Crippen LogP contribution in [0.15, 0.2) is 0 Å². The van der Waals surface area contributed by atoms with Crippen LogP contribution in [0.5, 0.6) is 0 Å². The number of nitrogens with zero attached hydrogens (tertiary/aromatic N) is 2. The summed E-state index contributed by atoms with van der Waals surface area (Å²) >= 11 is 1.89. The van der Waals surface area contributed by atoms with Crippen LogP contribution in [0.4, 0.5) is 5.13 Å². The summed E-state index contributed by atoms with van der Waals surface area (Å²) in [6.07, 6.45) is 8.05. The topological polar surface area (TPSA) is 37.4 Å². The normalized spacial score (nSPS) is 19.3. The largest absolute Gasteiger partial charge is 0.383 e. The van der Waals surface area contributed by atoms with E-state index in [-0.39, 0.29) is 0 Å². The van der Waals surface area contributed by atoms with Crippen LogP contribution in [-0.4, -0.2) is 38.3 Å². The van der Waals surface area contributed by atoms with E-state index in [1.54, 1.807) is 7.11 Å². The van der Waals surface area contributed by atoms with E-state index < -0.39 is 0 Å². The van der Waals surface area contributed by atoms with Gasteiger partial charge in [-0.1, -0.05) is 12.8 Å². The van der Waals surface area contributed by atoms with Gasteiger partial charge in [-0.3, -0.25) is 0 Å². The first-order chi connectivity index (χ1) is 10.3. The molecular weight excluding hydrogens is 282 g/mol. The van der Waals surface area contributed by atoms with E-state index in [4.69, 9.17) is 9.72 Å². The summed E-state index contributed by atoms with van der Waals surface area (Å²) in [7, 11) is 3.98. The summed E-state index contributed by atoms with van der Waals surface area (Å²) in [5.74, 6) is 0.728. The van der Waals surface area contributed by atoms with Gasteiger partial charge < -0.3 is 15.0 Å². The third kappa shape index (κ3) is 3.76. The zero-order chi connectivity index (χ0) is 14.7. The fraction of sp³-hybridized carbons (Fsp3) is 0.812. The molecule has 2 fully saturated rings. The molecule has 0 amide bonds. The number of ether oxygens (including phenoxy) is 1. The minimum Gasteiger partial charge on any atom is -0.383 e. The van der Waals surface area contributed by atoms with E-state index in [0.29, 0.717) is 6.04 Å². The molecule has 0 aromatic carbocycles. The standard InChI is InChI=1S/C16H27N3OS/c1-19(13-5-3-4-6-13)16-18-15(12-7-8-12)14(21-16)11-17-9-10-20-2/h12-13,17H,3-11H2,1-2H3. The molecular formula is C16H27N3OS. The number of thiazole rings is 1. The van der Waals surface area contributed by atoms with Crippen molar-refractivity contribution < 1.29 is 4.74 Å². The van der Waals surface area contributed by atoms with Crippen LogP contribution in [0.2, 0.25) is 0 Å². The van der Waals surface area contributed by atoms with E-state index in [0.717, 1.165) is 25.6 Å². The van der Waals surface area contributed by atoms with Crippen LogP contribution in [0.3, 0.4) is 0 Å². The minimum absolute atomic E-state index is 0.706. The van der Waals surface area contributed by atoms with Gasteiger partial charge in [0.1, 0.15) is 0 Å². The Labute approximate surface area is 131 Å². The molecule has 2 saturated carbocycles. The van der Waals surface area contributed by atoms with Gasteiger partial charge >= 0.3 is 0 Å². The fourth-order valence-corrected chi connectivity index (χ4v) is 4.28. The van der Waals surface area contributed by atoms with Crippen LogP contribution >= 0.6 is 11.3 Å². The summed E-state index contributed by atoms with van der Waals surface area (Å²) in [4.78, 5) is 8.86. The number of aromatic nitrogens is 1. The molecule has 1 heterocycles. The van der Waals surface area contributed by atoms with Gasteiger partial charge in [-0.05, 0) is 25.7 Å². The fourth-order valence-electron chi connectivity index (χ4n) is 3.13. The predicted molar refractivity (Wildman–Crippen MR) is 88.3 cm³/mol. The number of hydrogen-bond donors (Lipinski definition) is 1. The van der Waals surface area contributed by atoms with Crippen LogP contribution in [-0.2, 0) is 11.3 Å². The molecule has 4 nitrogen and oxygen atoms in total. The summed E-state index contributed by atoms with van der Waals surface area (Å²) < 4.78 is 5.10. The van der Waals surface area contributed by atoms with Crippen LogP contribution in [0.25, 0.3) is 0 Å². The molecule has 0 unspecified atom stereocenters. The number of rotatable bonds is 8. The Bertz CT molecular complexity index is 452. The zero-order valence-electron chi connectivity index (χ0n) is 13.2. The highest BCUT2D eigenvalue weighted by molar-refractivity contribution is 7.15. The van der Waals surface area contributed by atoms with Gasteiger partial charge in [0.15, 0.2) is 5.13 Å². The number of anilines is 1. The van der Waals surface area contributed by atoms with Gasteiger partial charge in [0.2, 0.25) is 0 Å². The second-order valence-corrected chi connectivity index (χ2v) is 7.36. The lowest BCUT2D eigenvalue weighted by Crippen LogP contribution is -2.28. The van der Waals surface area contributed by atoms with Crippen molar-refractivity contribution >= 4 is 16.5 Å². The Morgan fingerprint density at radius 2 is 2.05 bits per heavy atom. The van der Waals surface area contributed by atoms with Crippen molar-refractivity contribution in [1.29, 1.82) is 0 Å². The van der Waals surface area contributed by atoms with Gasteiger partial charge in [-0.2, -0.15) is 0 Å². The highest BCUT2D eigenvalue weighted by Crippen LogP contribution is 2.44. The van der Waals surface area contributed by atoms with Crippen LogP contribution in [0, 0.1) is 0 Å². The second kappa shape index (κ2) is 7.07. The molecule has 0 bridgehead atoms. The highest BCUT2D eigenvalue weighted by atomic mass is 32.1. The van der Waals surface area contributed by atoms with E-state index >= 15 is 0 Å². The first kappa shape index (κ1) is 15.3. The molecule has 21 heavy (non-hydrogen) atoms. The maximum Gasteiger partial charge on any atom is 0.185 e. The van der Waals surface area contributed by atoms with Crippen molar-refractivity contribution in [2.24, 2.45) is 0 Å². The summed E-state index contributed by atoms with van der Waals surface area (Å²) in [6, 6.07) is 0.706. The minimum atomic E-state index is 0.706. The zero-order valence-corrected chi connectivity index (χ0v) is 14.0. The summed E-state index contributed by atoms with van der Waals surface area (Å²) in [6.45, 7) is 2.62. The first-order valence-electron chi connectivity index (χ1n) is 8.21. The highest BCUT2D eigenvalue weighted by Gasteiger charge is 2.31. The van der Waals surface area contributed by atoms with E-state index in [9.17, 15) is 0 Å². The summed E-state index contributed by atoms with van der Waals surface area (Å²) in [5.41, 5.74) is 1.37. The molecule has 0 saturated heterocycles. The van der Waals surface area contributed by atoms with Crippen molar-refractivity contribution in [3.63, 3.8) is 0 Å². The molecule has 0 radical (unpaired) electrons. The monoisotopic (exact) mass is 309 g/mol. The van der Waals surface area contributed by atoms with Gasteiger partial charge in [0.05, 0.1) is 12.3 Å². The molecule has 3 rings (SSSR count). The maximum atomic E-state index is 5.10. The molecule has 0 atom stereocenters. The Hall–Kier alpha value is -0.650. The average molecular weight is 309 g/mol. The van der Waals surface area contributed by atoms with Gasteiger partial charge in [-0.25, -0.2) is 4.98 Å². The van der Waals surface area contributed by atoms with Crippen molar-refractivity contribution in [2.75, 3.05) is 32.2 Å². The molecule has 0 aliphatic heterocycles. The molecule has 1 N–H and O–H groups in total. The molecule has 1 aromatic rings. The number of hydrogen-bond acceptors (Lipinski definition) is 5.